The number of quaternary nitrogens is 1. The second-order valence-electron chi connectivity index (χ2n) is 10.2. The van der Waals surface area contributed by atoms with E-state index >= 15 is 0 Å². The maximum absolute atomic E-state index is 5.64. The van der Waals surface area contributed by atoms with Crippen LogP contribution in [-0.4, -0.2) is 55.1 Å². The third-order valence-corrected chi connectivity index (χ3v) is 7.48. The van der Waals surface area contributed by atoms with E-state index in [0.29, 0.717) is 0 Å². The third kappa shape index (κ3) is 7.21. The fraction of sp³-hybridized carbons (Fsp3) is 0.438. The highest BCUT2D eigenvalue weighted by molar-refractivity contribution is 5.54. The number of nitrogens with one attached hydrogen (secondary N) is 1. The van der Waals surface area contributed by atoms with Gasteiger partial charge in [0.05, 0.1) is 48.6 Å². The monoisotopic (exact) mass is 521 g/mol. The van der Waals surface area contributed by atoms with Gasteiger partial charge in [-0.1, -0.05) is 23.8 Å². The van der Waals surface area contributed by atoms with Crippen molar-refractivity contribution in [3.05, 3.63) is 76.3 Å². The summed E-state index contributed by atoms with van der Waals surface area (Å²) >= 11 is 0. The topological polar surface area (TPSA) is 49.0 Å². The largest absolute Gasteiger partial charge is 0.493 e. The Morgan fingerprint density at radius 2 is 1.26 bits per heavy atom. The van der Waals surface area contributed by atoms with Gasteiger partial charge in [-0.05, 0) is 61.2 Å². The Balaban J connectivity index is 1.74. The zero-order valence-corrected chi connectivity index (χ0v) is 24.4. The Morgan fingerprint density at radius 3 is 1.87 bits per heavy atom. The van der Waals surface area contributed by atoms with Gasteiger partial charge in [0.2, 0.25) is 0 Å². The average molecular weight is 522 g/mol. The lowest BCUT2D eigenvalue weighted by molar-refractivity contribution is 0.319. The summed E-state index contributed by atoms with van der Waals surface area (Å²) < 4.78 is 22.9. The molecule has 0 aromatic heterocycles. The Bertz CT molecular complexity index is 1190. The predicted molar refractivity (Wildman–Crippen MR) is 157 cm³/mol. The Hall–Kier alpha value is -3.22. The maximum Gasteiger partial charge on any atom is 0.166 e. The molecule has 0 spiro atoms. The van der Waals surface area contributed by atoms with Gasteiger partial charge < -0.3 is 24.3 Å². The van der Waals surface area contributed by atoms with Crippen LogP contribution in [0.2, 0.25) is 0 Å². The summed E-state index contributed by atoms with van der Waals surface area (Å²) in [6.45, 7) is 10.3. The molecule has 1 unspecified atom stereocenters. The molecular weight excluding hydrogens is 476 g/mol. The molecule has 3 aromatic carbocycles. The van der Waals surface area contributed by atoms with Crippen LogP contribution in [0, 0.1) is 20.8 Å². The Kier molecular flexibility index (Phi) is 10.5. The van der Waals surface area contributed by atoms with Crippen LogP contribution < -0.4 is 28.7 Å². The van der Waals surface area contributed by atoms with Crippen molar-refractivity contribution in [2.75, 3.05) is 55.1 Å². The first-order valence-corrected chi connectivity index (χ1v) is 13.3. The molecular formula is C32H45N2O4+. The summed E-state index contributed by atoms with van der Waals surface area (Å²) in [5.41, 5.74) is 7.86. The van der Waals surface area contributed by atoms with E-state index < -0.39 is 0 Å². The van der Waals surface area contributed by atoms with Crippen LogP contribution in [0.5, 0.6) is 23.0 Å². The van der Waals surface area contributed by atoms with Crippen LogP contribution >= 0.6 is 0 Å². The molecule has 0 amide bonds. The SMILES string of the molecule is COc1ccc(CC[N+](C)(CCCNCc2c(C)cc(C)cc2C)c2ccc(OC)c(OC)c2)cc1OC. The normalized spacial score (nSPS) is 12.6. The molecule has 6 heteroatoms. The molecule has 0 aliphatic carbocycles. The second-order valence-corrected chi connectivity index (χ2v) is 10.2. The Morgan fingerprint density at radius 1 is 0.684 bits per heavy atom. The molecule has 0 saturated heterocycles. The molecule has 206 valence electrons. The van der Waals surface area contributed by atoms with Crippen molar-refractivity contribution in [1.29, 1.82) is 0 Å². The van der Waals surface area contributed by atoms with E-state index in [1.807, 2.05) is 12.1 Å². The molecule has 3 aromatic rings. The van der Waals surface area contributed by atoms with Gasteiger partial charge in [0, 0.05) is 38.1 Å². The molecule has 3 rings (SSSR count). The molecule has 1 N–H and O–H groups in total. The number of hydrogen-bond acceptors (Lipinski definition) is 5. The molecule has 0 radical (unpaired) electrons. The van der Waals surface area contributed by atoms with Gasteiger partial charge in [-0.3, -0.25) is 4.48 Å². The fourth-order valence-electron chi connectivity index (χ4n) is 5.20. The van der Waals surface area contributed by atoms with Crippen LogP contribution in [0.4, 0.5) is 5.69 Å². The first kappa shape index (κ1) is 29.3. The van der Waals surface area contributed by atoms with E-state index in [4.69, 9.17) is 18.9 Å². The van der Waals surface area contributed by atoms with Crippen molar-refractivity contribution >= 4 is 5.69 Å². The highest BCUT2D eigenvalue weighted by Gasteiger charge is 2.26. The molecule has 6 nitrogen and oxygen atoms in total. The van der Waals surface area contributed by atoms with Gasteiger partial charge in [-0.15, -0.1) is 0 Å². The van der Waals surface area contributed by atoms with Gasteiger partial charge in [0.15, 0.2) is 23.0 Å². The molecule has 0 fully saturated rings. The summed E-state index contributed by atoms with van der Waals surface area (Å²) in [7, 11) is 9.01. The van der Waals surface area contributed by atoms with E-state index in [1.54, 1.807) is 28.4 Å². The van der Waals surface area contributed by atoms with Gasteiger partial charge in [0.1, 0.15) is 5.69 Å². The lowest BCUT2D eigenvalue weighted by atomic mass is 10.00. The number of likely N-dealkylation sites (N-methyl/N-ethyl adjacent to an activating group) is 1. The van der Waals surface area contributed by atoms with Crippen LogP contribution in [0.15, 0.2) is 48.5 Å². The quantitative estimate of drug-likeness (QED) is 0.208. The molecule has 1 atom stereocenters. The number of benzene rings is 3. The predicted octanol–water partition coefficient (Wildman–Crippen LogP) is 6.01. The van der Waals surface area contributed by atoms with Crippen LogP contribution in [0.25, 0.3) is 0 Å². The van der Waals surface area contributed by atoms with E-state index in [1.165, 1.54) is 33.5 Å². The smallest absolute Gasteiger partial charge is 0.166 e. The van der Waals surface area contributed by atoms with Crippen molar-refractivity contribution in [2.24, 2.45) is 0 Å². The summed E-state index contributed by atoms with van der Waals surface area (Å²) in [4.78, 5) is 0. The van der Waals surface area contributed by atoms with Gasteiger partial charge >= 0.3 is 0 Å². The minimum atomic E-state index is 0.744. The number of hydrogen-bond donors (Lipinski definition) is 1. The number of methoxy groups -OCH3 is 4. The van der Waals surface area contributed by atoms with Crippen molar-refractivity contribution in [2.45, 2.75) is 40.2 Å². The highest BCUT2D eigenvalue weighted by atomic mass is 16.5. The molecule has 38 heavy (non-hydrogen) atoms. The first-order chi connectivity index (χ1) is 18.2. The van der Waals surface area contributed by atoms with Crippen molar-refractivity contribution in [3.63, 3.8) is 0 Å². The summed E-state index contributed by atoms with van der Waals surface area (Å²) in [5, 5.41) is 3.68. The highest BCUT2D eigenvalue weighted by Crippen LogP contribution is 2.34. The van der Waals surface area contributed by atoms with Gasteiger partial charge in [0.25, 0.3) is 0 Å². The lowest BCUT2D eigenvalue weighted by Gasteiger charge is -2.35. The molecule has 0 saturated carbocycles. The van der Waals surface area contributed by atoms with E-state index in [0.717, 1.165) is 66.5 Å². The van der Waals surface area contributed by atoms with Crippen molar-refractivity contribution < 1.29 is 18.9 Å². The van der Waals surface area contributed by atoms with E-state index in [2.05, 4.69) is 69.5 Å². The standard InChI is InChI=1S/C32H45N2O4/c1-23-18-24(2)28(25(3)19-23)22-33-15-9-16-34(4,27-11-13-30(36-6)32(21-27)38-8)17-14-26-10-12-29(35-5)31(20-26)37-7/h10-13,18-21,33H,9,14-17,22H2,1-8H3/q+1. The summed E-state index contributed by atoms with van der Waals surface area (Å²) in [6.07, 6.45) is 1.95. The fourth-order valence-corrected chi connectivity index (χ4v) is 5.20. The third-order valence-electron chi connectivity index (χ3n) is 7.48. The molecule has 0 heterocycles. The molecule has 0 aliphatic heterocycles. The van der Waals surface area contributed by atoms with Crippen molar-refractivity contribution in [3.8, 4) is 23.0 Å². The van der Waals surface area contributed by atoms with Crippen LogP contribution in [-0.2, 0) is 13.0 Å². The van der Waals surface area contributed by atoms with E-state index in [-0.39, 0.29) is 0 Å². The molecule has 0 bridgehead atoms. The first-order valence-electron chi connectivity index (χ1n) is 13.3. The number of aryl methyl sites for hydroxylation is 3. The lowest BCUT2D eigenvalue weighted by Crippen LogP contribution is -2.48. The number of ether oxygens (including phenoxy) is 4. The zero-order valence-electron chi connectivity index (χ0n) is 24.4. The average Bonchev–Trinajstić information content (AvgIpc) is 2.92. The van der Waals surface area contributed by atoms with Crippen LogP contribution in [0.3, 0.4) is 0 Å². The van der Waals surface area contributed by atoms with Gasteiger partial charge in [-0.2, -0.15) is 0 Å². The minimum Gasteiger partial charge on any atom is -0.493 e. The van der Waals surface area contributed by atoms with E-state index in [9.17, 15) is 0 Å². The second kappa shape index (κ2) is 13.5. The maximum atomic E-state index is 5.64. The van der Waals surface area contributed by atoms with Crippen LogP contribution in [0.1, 0.15) is 34.2 Å². The number of nitrogens with zero attached hydrogens (tertiary/aromatic N) is 1. The number of rotatable bonds is 14. The van der Waals surface area contributed by atoms with Crippen molar-refractivity contribution in [1.82, 2.24) is 9.80 Å². The summed E-state index contributed by atoms with van der Waals surface area (Å²) in [6, 6.07) is 17.0. The molecule has 0 aliphatic rings. The zero-order chi connectivity index (χ0) is 27.7. The van der Waals surface area contributed by atoms with Gasteiger partial charge in [-0.25, -0.2) is 0 Å². The Labute approximate surface area is 229 Å². The minimum absolute atomic E-state index is 0.744. The summed E-state index contributed by atoms with van der Waals surface area (Å²) in [5.74, 6) is 3.01.